The molecule has 0 fully saturated rings. The second kappa shape index (κ2) is 63.6. The number of unbranched alkanes of at least 4 members (excludes halogenated alkanes) is 25. The molecule has 9 nitrogen and oxygen atoms in total. The molecule has 10 heteroatoms. The molecule has 0 spiro atoms. The lowest BCUT2D eigenvalue weighted by molar-refractivity contribution is -0.870. The van der Waals surface area contributed by atoms with Gasteiger partial charge in [-0.2, -0.15) is 0 Å². The first kappa shape index (κ1) is 80.2. The van der Waals surface area contributed by atoms with Crippen LogP contribution in [0.2, 0.25) is 0 Å². The van der Waals surface area contributed by atoms with E-state index in [4.69, 9.17) is 18.5 Å². The van der Waals surface area contributed by atoms with Gasteiger partial charge in [0.2, 0.25) is 0 Å². The number of quaternary nitrogens is 1. The molecular weight excluding hydrogens is 1060 g/mol. The number of phosphoric ester groups is 1. The van der Waals surface area contributed by atoms with Gasteiger partial charge in [-0.05, 0) is 116 Å². The maximum absolute atomic E-state index is 12.9. The van der Waals surface area contributed by atoms with Crippen LogP contribution >= 0.6 is 7.82 Å². The minimum absolute atomic E-state index is 0.0250. The summed E-state index contributed by atoms with van der Waals surface area (Å²) in [5, 5.41) is 0. The number of hydrogen-bond acceptors (Lipinski definition) is 7. The summed E-state index contributed by atoms with van der Waals surface area (Å²) in [6.45, 7) is 4.31. The Hall–Kier alpha value is -3.85. The molecule has 0 bridgehead atoms. The Morgan fingerprint density at radius 1 is 0.381 bits per heavy atom. The maximum atomic E-state index is 12.9. The molecule has 0 amide bonds. The van der Waals surface area contributed by atoms with E-state index in [0.717, 1.165) is 109 Å². The molecule has 0 aliphatic rings. The molecule has 0 aliphatic heterocycles. The van der Waals surface area contributed by atoms with E-state index in [-0.39, 0.29) is 32.0 Å². The van der Waals surface area contributed by atoms with Crippen LogP contribution in [0, 0.1) is 0 Å². The fourth-order valence-corrected chi connectivity index (χ4v) is 9.72. The van der Waals surface area contributed by atoms with Crippen molar-refractivity contribution in [3.63, 3.8) is 0 Å². The van der Waals surface area contributed by atoms with E-state index in [0.29, 0.717) is 17.4 Å². The summed E-state index contributed by atoms with van der Waals surface area (Å²) in [5.41, 5.74) is 0. The average Bonchev–Trinajstić information content (AvgIpc) is 3.61. The van der Waals surface area contributed by atoms with Crippen LogP contribution in [-0.2, 0) is 32.7 Å². The number of nitrogens with zero attached hydrogens (tertiary/aromatic N) is 1. The standard InChI is InChI=1S/C74H126NO8P/c1-6-8-10-12-14-16-18-20-22-24-26-28-29-30-31-32-33-34-35-36-37-38-39-40-41-42-43-44-45-47-49-51-53-55-57-59-61-63-65-67-74(77)83-72(71-82-84(78,79)81-69-68-75(3,4)5)70-80-73(76)66-64-62-60-58-56-54-52-50-48-46-27-25-23-21-19-17-15-13-11-9-7-2/h8,10,14,16,19-22,25-28,30-31,33-34,36-37,39-40,42-43,72H,6-7,9,11-13,15,17-18,23-24,29,32,35,38,41,44-71H2,1-5H3/p+1/b10-8-,16-14-,21-19-,22-20-,27-25-,28-26-,31-30-,34-33-,37-36-,40-39-,43-42-. The van der Waals surface area contributed by atoms with Crippen LogP contribution in [-0.4, -0.2) is 74.9 Å². The molecule has 0 saturated carbocycles. The molecule has 0 aromatic heterocycles. The first-order valence-corrected chi connectivity index (χ1v) is 35.4. The highest BCUT2D eigenvalue weighted by Crippen LogP contribution is 2.43. The number of carbonyl (C=O) groups excluding carboxylic acids is 2. The smallest absolute Gasteiger partial charge is 0.462 e. The SMILES string of the molecule is CC/C=C\C/C=C\C/C=C\C/C=C\C/C=C\C/C=C\C/C=C\C/C=C\C/C=C\CCCCCCCCCCCCCC(=O)OC(COC(=O)CCCCCCCCCCC/C=C\C/C=C\CCCCCCC)COP(=O)(O)OCC[N+](C)(C)C. The molecule has 84 heavy (non-hydrogen) atoms. The van der Waals surface area contributed by atoms with Gasteiger partial charge in [0.1, 0.15) is 19.8 Å². The van der Waals surface area contributed by atoms with Crippen molar-refractivity contribution >= 4 is 19.8 Å². The third-order valence-electron chi connectivity index (χ3n) is 14.2. The molecule has 2 atom stereocenters. The molecule has 0 saturated heterocycles. The Morgan fingerprint density at radius 2 is 0.679 bits per heavy atom. The van der Waals surface area contributed by atoms with Crippen LogP contribution in [0.5, 0.6) is 0 Å². The van der Waals surface area contributed by atoms with Gasteiger partial charge in [0.15, 0.2) is 6.10 Å². The summed E-state index contributed by atoms with van der Waals surface area (Å²) in [6.07, 6.45) is 92.5. The van der Waals surface area contributed by atoms with Gasteiger partial charge in [-0.3, -0.25) is 18.6 Å². The number of ether oxygens (including phenoxy) is 2. The van der Waals surface area contributed by atoms with Gasteiger partial charge in [0.25, 0.3) is 0 Å². The van der Waals surface area contributed by atoms with Crippen molar-refractivity contribution in [3.05, 3.63) is 134 Å². The van der Waals surface area contributed by atoms with Crippen LogP contribution in [0.1, 0.15) is 271 Å². The fourth-order valence-electron chi connectivity index (χ4n) is 8.98. The van der Waals surface area contributed by atoms with Crippen molar-refractivity contribution in [1.82, 2.24) is 0 Å². The van der Waals surface area contributed by atoms with Gasteiger partial charge < -0.3 is 18.9 Å². The lowest BCUT2D eigenvalue weighted by Crippen LogP contribution is -2.37. The van der Waals surface area contributed by atoms with E-state index < -0.39 is 26.5 Å². The predicted octanol–water partition coefficient (Wildman–Crippen LogP) is 22.0. The zero-order valence-electron chi connectivity index (χ0n) is 54.6. The van der Waals surface area contributed by atoms with Gasteiger partial charge in [0.05, 0.1) is 27.7 Å². The predicted molar refractivity (Wildman–Crippen MR) is 362 cm³/mol. The quantitative estimate of drug-likeness (QED) is 0.0211. The van der Waals surface area contributed by atoms with Crippen molar-refractivity contribution < 1.29 is 42.1 Å². The van der Waals surface area contributed by atoms with E-state index in [9.17, 15) is 19.0 Å². The van der Waals surface area contributed by atoms with E-state index in [2.05, 4.69) is 148 Å². The topological polar surface area (TPSA) is 108 Å². The Bertz CT molecular complexity index is 1880. The summed E-state index contributed by atoms with van der Waals surface area (Å²) in [7, 11) is 1.46. The number of allylic oxidation sites excluding steroid dienone is 22. The molecule has 0 aromatic rings. The molecular formula is C74H127NO8P+. The largest absolute Gasteiger partial charge is 0.472 e. The summed E-state index contributed by atoms with van der Waals surface area (Å²) >= 11 is 0. The molecule has 0 aliphatic carbocycles. The van der Waals surface area contributed by atoms with Crippen LogP contribution < -0.4 is 0 Å². The van der Waals surface area contributed by atoms with Crippen LogP contribution in [0.4, 0.5) is 0 Å². The second-order valence-electron chi connectivity index (χ2n) is 23.5. The molecule has 2 unspecified atom stereocenters. The highest BCUT2D eigenvalue weighted by atomic mass is 31.2. The highest BCUT2D eigenvalue weighted by molar-refractivity contribution is 7.47. The summed E-state index contributed by atoms with van der Waals surface area (Å²) in [5.74, 6) is -0.807. The lowest BCUT2D eigenvalue weighted by atomic mass is 10.0. The number of carbonyl (C=O) groups is 2. The summed E-state index contributed by atoms with van der Waals surface area (Å²) in [4.78, 5) is 35.8. The molecule has 0 aromatic carbocycles. The number of likely N-dealkylation sites (N-methyl/N-ethyl adjacent to an activating group) is 1. The Morgan fingerprint density at radius 3 is 1.01 bits per heavy atom. The second-order valence-corrected chi connectivity index (χ2v) is 24.9. The zero-order chi connectivity index (χ0) is 61.2. The number of esters is 2. The fraction of sp³-hybridized carbons (Fsp3) is 0.676. The van der Waals surface area contributed by atoms with Crippen molar-refractivity contribution in [2.75, 3.05) is 47.5 Å². The number of hydrogen-bond donors (Lipinski definition) is 1. The molecule has 0 rings (SSSR count). The van der Waals surface area contributed by atoms with E-state index in [1.165, 1.54) is 128 Å². The highest BCUT2D eigenvalue weighted by Gasteiger charge is 2.27. The Labute approximate surface area is 517 Å². The molecule has 0 heterocycles. The molecule has 480 valence electrons. The van der Waals surface area contributed by atoms with Crippen LogP contribution in [0.25, 0.3) is 0 Å². The van der Waals surface area contributed by atoms with Crippen LogP contribution in [0.15, 0.2) is 134 Å². The Balaban J connectivity index is 4.10. The van der Waals surface area contributed by atoms with Crippen molar-refractivity contribution in [3.8, 4) is 0 Å². The maximum Gasteiger partial charge on any atom is 0.472 e. The minimum Gasteiger partial charge on any atom is -0.462 e. The van der Waals surface area contributed by atoms with Crippen molar-refractivity contribution in [1.29, 1.82) is 0 Å². The Kier molecular flexibility index (Phi) is 60.7. The van der Waals surface area contributed by atoms with Gasteiger partial charge in [-0.15, -0.1) is 0 Å². The minimum atomic E-state index is -4.40. The lowest BCUT2D eigenvalue weighted by Gasteiger charge is -2.24. The van der Waals surface area contributed by atoms with Gasteiger partial charge >= 0.3 is 19.8 Å². The van der Waals surface area contributed by atoms with Crippen LogP contribution in [0.3, 0.4) is 0 Å². The van der Waals surface area contributed by atoms with E-state index >= 15 is 0 Å². The first-order valence-electron chi connectivity index (χ1n) is 33.9. The van der Waals surface area contributed by atoms with Gasteiger partial charge in [0, 0.05) is 12.8 Å². The summed E-state index contributed by atoms with van der Waals surface area (Å²) in [6, 6.07) is 0. The summed E-state index contributed by atoms with van der Waals surface area (Å²) < 4.78 is 34.7. The first-order chi connectivity index (χ1) is 41.0. The van der Waals surface area contributed by atoms with Crippen molar-refractivity contribution in [2.45, 2.75) is 277 Å². The van der Waals surface area contributed by atoms with Gasteiger partial charge in [-0.1, -0.05) is 276 Å². The number of phosphoric acid groups is 1. The third kappa shape index (κ3) is 67.3. The van der Waals surface area contributed by atoms with E-state index in [1.54, 1.807) is 0 Å². The van der Waals surface area contributed by atoms with Crippen molar-refractivity contribution in [2.24, 2.45) is 0 Å². The monoisotopic (exact) mass is 1190 g/mol. The number of rotatable bonds is 61. The van der Waals surface area contributed by atoms with E-state index in [1.807, 2.05) is 21.1 Å². The van der Waals surface area contributed by atoms with Gasteiger partial charge in [-0.25, -0.2) is 4.57 Å². The zero-order valence-corrected chi connectivity index (χ0v) is 55.5. The normalized spacial score (nSPS) is 14.0. The molecule has 0 radical (unpaired) electrons. The third-order valence-corrected chi connectivity index (χ3v) is 15.1. The molecule has 1 N–H and O–H groups in total. The average molecular weight is 1190 g/mol.